The van der Waals surface area contributed by atoms with E-state index in [4.69, 9.17) is 0 Å². The predicted molar refractivity (Wildman–Crippen MR) is 101 cm³/mol. The van der Waals surface area contributed by atoms with Gasteiger partial charge in [-0.15, -0.1) is 0 Å². The molecule has 2 N–H and O–H groups in total. The predicted octanol–water partition coefficient (Wildman–Crippen LogP) is 5.00. The molecule has 0 atom stereocenters. The number of anilines is 3. The lowest BCUT2D eigenvalue weighted by atomic mass is 10.2. The summed E-state index contributed by atoms with van der Waals surface area (Å²) >= 11 is 3.36. The lowest BCUT2D eigenvalue weighted by Crippen LogP contribution is -2.13. The molecule has 1 aromatic carbocycles. The minimum Gasteiger partial charge on any atom is -0.352 e. The van der Waals surface area contributed by atoms with Crippen molar-refractivity contribution >= 4 is 33.4 Å². The molecule has 25 heavy (non-hydrogen) atoms. The second-order valence-corrected chi connectivity index (χ2v) is 6.61. The van der Waals surface area contributed by atoms with Gasteiger partial charge in [0.2, 0.25) is 5.95 Å². The van der Waals surface area contributed by atoms with Gasteiger partial charge in [0.1, 0.15) is 11.6 Å². The zero-order chi connectivity index (χ0) is 17.8. The molecule has 0 fully saturated rings. The van der Waals surface area contributed by atoms with Crippen LogP contribution in [0.25, 0.3) is 11.3 Å². The first kappa shape index (κ1) is 17.3. The van der Waals surface area contributed by atoms with Crippen molar-refractivity contribution in [1.29, 1.82) is 0 Å². The molecule has 0 bridgehead atoms. The zero-order valence-corrected chi connectivity index (χ0v) is 15.4. The van der Waals surface area contributed by atoms with Gasteiger partial charge in [0.25, 0.3) is 0 Å². The SMILES string of the molecule is CC(C)Nc1nc(Nc2ccc(F)cc2Br)cc(-c2cccnc2)n1. The average molecular weight is 402 g/mol. The molecule has 7 heteroatoms. The van der Waals surface area contributed by atoms with Gasteiger partial charge in [-0.05, 0) is 60.1 Å². The monoisotopic (exact) mass is 401 g/mol. The molecular weight excluding hydrogens is 385 g/mol. The van der Waals surface area contributed by atoms with Crippen LogP contribution < -0.4 is 10.6 Å². The van der Waals surface area contributed by atoms with E-state index in [9.17, 15) is 4.39 Å². The van der Waals surface area contributed by atoms with Gasteiger partial charge in [0.05, 0.1) is 11.4 Å². The minimum atomic E-state index is -0.307. The molecule has 0 aliphatic rings. The molecule has 0 saturated heterocycles. The van der Waals surface area contributed by atoms with E-state index in [1.165, 1.54) is 12.1 Å². The highest BCUT2D eigenvalue weighted by atomic mass is 79.9. The van der Waals surface area contributed by atoms with E-state index < -0.39 is 0 Å². The molecule has 3 rings (SSSR count). The first-order valence-electron chi connectivity index (χ1n) is 7.79. The fourth-order valence-corrected chi connectivity index (χ4v) is 2.67. The van der Waals surface area contributed by atoms with E-state index in [0.717, 1.165) is 11.3 Å². The summed E-state index contributed by atoms with van der Waals surface area (Å²) < 4.78 is 13.9. The van der Waals surface area contributed by atoms with Crippen molar-refractivity contribution in [2.75, 3.05) is 10.6 Å². The maximum atomic E-state index is 13.3. The second-order valence-electron chi connectivity index (χ2n) is 5.75. The van der Waals surface area contributed by atoms with Crippen LogP contribution in [0.1, 0.15) is 13.8 Å². The highest BCUT2D eigenvalue weighted by molar-refractivity contribution is 9.10. The minimum absolute atomic E-state index is 0.189. The van der Waals surface area contributed by atoms with E-state index in [1.54, 1.807) is 18.5 Å². The van der Waals surface area contributed by atoms with Crippen molar-refractivity contribution in [3.8, 4) is 11.3 Å². The van der Waals surface area contributed by atoms with Crippen molar-refractivity contribution in [3.63, 3.8) is 0 Å². The number of pyridine rings is 1. The van der Waals surface area contributed by atoms with Crippen molar-refractivity contribution in [2.24, 2.45) is 0 Å². The summed E-state index contributed by atoms with van der Waals surface area (Å²) in [5.74, 6) is 0.805. The normalized spacial score (nSPS) is 10.8. The molecular formula is C18H17BrFN5. The number of hydrogen-bond donors (Lipinski definition) is 2. The quantitative estimate of drug-likeness (QED) is 0.629. The Labute approximate surface area is 153 Å². The molecule has 2 aromatic heterocycles. The van der Waals surface area contributed by atoms with E-state index >= 15 is 0 Å². The molecule has 5 nitrogen and oxygen atoms in total. The summed E-state index contributed by atoms with van der Waals surface area (Å²) in [6.07, 6.45) is 3.46. The lowest BCUT2D eigenvalue weighted by molar-refractivity contribution is 0.627. The van der Waals surface area contributed by atoms with E-state index in [0.29, 0.717) is 21.9 Å². The second kappa shape index (κ2) is 7.57. The fraction of sp³-hybridized carbons (Fsp3) is 0.167. The molecule has 0 amide bonds. The average Bonchev–Trinajstić information content (AvgIpc) is 2.57. The Morgan fingerprint density at radius 3 is 2.64 bits per heavy atom. The topological polar surface area (TPSA) is 62.7 Å². The summed E-state index contributed by atoms with van der Waals surface area (Å²) in [6.45, 7) is 4.04. The Balaban J connectivity index is 2.00. The summed E-state index contributed by atoms with van der Waals surface area (Å²) in [6, 6.07) is 10.3. The van der Waals surface area contributed by atoms with Crippen LogP contribution in [-0.4, -0.2) is 21.0 Å². The zero-order valence-electron chi connectivity index (χ0n) is 13.8. The highest BCUT2D eigenvalue weighted by Crippen LogP contribution is 2.28. The van der Waals surface area contributed by atoms with Crippen LogP contribution in [-0.2, 0) is 0 Å². The molecule has 0 unspecified atom stereocenters. The van der Waals surface area contributed by atoms with Gasteiger partial charge in [0.15, 0.2) is 0 Å². The van der Waals surface area contributed by atoms with Crippen LogP contribution in [0.3, 0.4) is 0 Å². The van der Waals surface area contributed by atoms with Gasteiger partial charge in [-0.2, -0.15) is 4.98 Å². The number of hydrogen-bond acceptors (Lipinski definition) is 5. The third-order valence-corrected chi connectivity index (χ3v) is 3.95. The summed E-state index contributed by atoms with van der Waals surface area (Å²) in [5.41, 5.74) is 2.35. The van der Waals surface area contributed by atoms with E-state index in [1.807, 2.05) is 32.0 Å². The fourth-order valence-electron chi connectivity index (χ4n) is 2.23. The van der Waals surface area contributed by atoms with Crippen LogP contribution in [0.5, 0.6) is 0 Å². The van der Waals surface area contributed by atoms with E-state index in [-0.39, 0.29) is 11.9 Å². The Morgan fingerprint density at radius 2 is 1.96 bits per heavy atom. The number of benzene rings is 1. The lowest BCUT2D eigenvalue weighted by Gasteiger charge is -2.13. The standard InChI is InChI=1S/C18H17BrFN5/c1-11(2)22-18-24-16(12-4-3-7-21-10-12)9-17(25-18)23-15-6-5-13(20)8-14(15)19/h3-11H,1-2H3,(H2,22,23,24,25). The molecule has 0 saturated carbocycles. The van der Waals surface area contributed by atoms with Crippen molar-refractivity contribution in [1.82, 2.24) is 15.0 Å². The molecule has 0 spiro atoms. The first-order valence-corrected chi connectivity index (χ1v) is 8.58. The Hall–Kier alpha value is -2.54. The molecule has 0 aliphatic carbocycles. The Morgan fingerprint density at radius 1 is 1.12 bits per heavy atom. The van der Waals surface area contributed by atoms with Crippen molar-refractivity contribution in [3.05, 3.63) is 59.1 Å². The number of aromatic nitrogens is 3. The maximum Gasteiger partial charge on any atom is 0.225 e. The third kappa shape index (κ3) is 4.51. The van der Waals surface area contributed by atoms with Gasteiger partial charge in [0, 0.05) is 34.5 Å². The van der Waals surface area contributed by atoms with Gasteiger partial charge >= 0.3 is 0 Å². The summed E-state index contributed by atoms with van der Waals surface area (Å²) in [5, 5.41) is 6.41. The third-order valence-electron chi connectivity index (χ3n) is 3.30. The maximum absolute atomic E-state index is 13.3. The summed E-state index contributed by atoms with van der Waals surface area (Å²) in [7, 11) is 0. The van der Waals surface area contributed by atoms with Crippen LogP contribution in [0.2, 0.25) is 0 Å². The molecule has 3 aromatic rings. The smallest absolute Gasteiger partial charge is 0.225 e. The molecule has 128 valence electrons. The number of nitrogens with zero attached hydrogens (tertiary/aromatic N) is 3. The van der Waals surface area contributed by atoms with Crippen LogP contribution in [0.4, 0.5) is 21.8 Å². The van der Waals surface area contributed by atoms with Gasteiger partial charge in [-0.3, -0.25) is 4.98 Å². The Bertz CT molecular complexity index is 871. The van der Waals surface area contributed by atoms with Gasteiger partial charge < -0.3 is 10.6 Å². The Kier molecular flexibility index (Phi) is 5.23. The van der Waals surface area contributed by atoms with Crippen LogP contribution in [0.15, 0.2) is 53.3 Å². The molecule has 2 heterocycles. The van der Waals surface area contributed by atoms with Crippen LogP contribution >= 0.6 is 15.9 Å². The highest BCUT2D eigenvalue weighted by Gasteiger charge is 2.10. The largest absolute Gasteiger partial charge is 0.352 e. The van der Waals surface area contributed by atoms with Crippen molar-refractivity contribution < 1.29 is 4.39 Å². The van der Waals surface area contributed by atoms with Gasteiger partial charge in [-0.25, -0.2) is 9.37 Å². The number of halogens is 2. The molecule has 0 aliphatic heterocycles. The summed E-state index contributed by atoms with van der Waals surface area (Å²) in [4.78, 5) is 13.2. The van der Waals surface area contributed by atoms with Crippen molar-refractivity contribution in [2.45, 2.75) is 19.9 Å². The first-order chi connectivity index (χ1) is 12.0. The number of rotatable bonds is 5. The van der Waals surface area contributed by atoms with E-state index in [2.05, 4.69) is 41.5 Å². The van der Waals surface area contributed by atoms with Gasteiger partial charge in [-0.1, -0.05) is 0 Å². The molecule has 0 radical (unpaired) electrons. The van der Waals surface area contributed by atoms with Crippen LogP contribution in [0, 0.1) is 5.82 Å². The number of nitrogens with one attached hydrogen (secondary N) is 2.